The highest BCUT2D eigenvalue weighted by atomic mass is 19.1. The van der Waals surface area contributed by atoms with E-state index in [1.54, 1.807) is 0 Å². The molecule has 7 heteroatoms. The maximum atomic E-state index is 14.7. The van der Waals surface area contributed by atoms with Crippen LogP contribution in [0.25, 0.3) is 0 Å². The van der Waals surface area contributed by atoms with Crippen LogP contribution in [-0.2, 0) is 0 Å². The summed E-state index contributed by atoms with van der Waals surface area (Å²) in [5.41, 5.74) is 7.11. The molecule has 0 fully saturated rings. The third kappa shape index (κ3) is 4.15. The smallest absolute Gasteiger partial charge is 0.187 e. The van der Waals surface area contributed by atoms with E-state index >= 15 is 0 Å². The van der Waals surface area contributed by atoms with Crippen molar-refractivity contribution in [1.82, 2.24) is 5.53 Å². The number of benzene rings is 2. The summed E-state index contributed by atoms with van der Waals surface area (Å²) in [4.78, 5) is 0. The summed E-state index contributed by atoms with van der Waals surface area (Å²) in [5, 5.41) is 5.06. The second kappa shape index (κ2) is 8.58. The molecular weight excluding hydrogens is 442 g/mol. The highest BCUT2D eigenvalue weighted by Crippen LogP contribution is 2.38. The number of hydrogen-bond donors (Lipinski definition) is 1. The van der Waals surface area contributed by atoms with Crippen molar-refractivity contribution in [2.24, 2.45) is 10.5 Å². The lowest BCUT2D eigenvalue weighted by molar-refractivity contribution is 0.514. The van der Waals surface area contributed by atoms with E-state index in [0.717, 1.165) is 46.3 Å². The molecule has 0 bridgehead atoms. The van der Waals surface area contributed by atoms with Gasteiger partial charge in [0.05, 0.1) is 17.1 Å². The minimum Gasteiger partial charge on any atom is -0.214 e. The number of anilines is 1. The van der Waals surface area contributed by atoms with Crippen LogP contribution in [0.1, 0.15) is 40.2 Å². The van der Waals surface area contributed by atoms with Gasteiger partial charge in [-0.15, -0.1) is 0 Å². The van der Waals surface area contributed by atoms with E-state index in [9.17, 15) is 17.6 Å². The molecule has 174 valence electrons. The van der Waals surface area contributed by atoms with Gasteiger partial charge in [0.25, 0.3) is 0 Å². The van der Waals surface area contributed by atoms with E-state index in [-0.39, 0.29) is 16.8 Å². The molecule has 2 aliphatic rings. The molecule has 3 nitrogen and oxygen atoms in total. The summed E-state index contributed by atoms with van der Waals surface area (Å²) in [6.45, 7) is 10.1. The van der Waals surface area contributed by atoms with Crippen molar-refractivity contribution in [3.63, 3.8) is 0 Å². The zero-order valence-electron chi connectivity index (χ0n) is 19.5. The lowest BCUT2D eigenvalue weighted by Gasteiger charge is -2.22. The van der Waals surface area contributed by atoms with E-state index < -0.39 is 34.5 Å². The van der Waals surface area contributed by atoms with E-state index in [0.29, 0.717) is 5.57 Å². The average Bonchev–Trinajstić information content (AvgIpc) is 3.12. The van der Waals surface area contributed by atoms with Gasteiger partial charge in [0.2, 0.25) is 0 Å². The molecule has 0 atom stereocenters. The molecule has 1 aliphatic heterocycles. The van der Waals surface area contributed by atoms with Gasteiger partial charge in [-0.1, -0.05) is 12.1 Å². The Morgan fingerprint density at radius 2 is 1.50 bits per heavy atom. The number of allylic oxidation sites excluding steroid dienone is 5. The molecule has 0 saturated carbocycles. The van der Waals surface area contributed by atoms with Gasteiger partial charge in [0, 0.05) is 28.9 Å². The maximum absolute atomic E-state index is 14.7. The van der Waals surface area contributed by atoms with Crippen LogP contribution in [0, 0.1) is 34.6 Å². The molecule has 0 amide bonds. The number of nitrogens with zero attached hydrogens (tertiary/aromatic N) is 2. The number of hydrogen-bond acceptors (Lipinski definition) is 3. The van der Waals surface area contributed by atoms with Crippen molar-refractivity contribution < 1.29 is 17.6 Å². The van der Waals surface area contributed by atoms with Crippen molar-refractivity contribution >= 4 is 11.4 Å². The Morgan fingerprint density at radius 3 is 2.03 bits per heavy atom. The highest BCUT2D eigenvalue weighted by molar-refractivity contribution is 6.16. The quantitative estimate of drug-likeness (QED) is 0.296. The fourth-order valence-corrected chi connectivity index (χ4v) is 3.90. The van der Waals surface area contributed by atoms with Gasteiger partial charge in [0.1, 0.15) is 23.0 Å². The highest BCUT2D eigenvalue weighted by Gasteiger charge is 2.36. The Balaban J connectivity index is 1.97. The summed E-state index contributed by atoms with van der Waals surface area (Å²) in [5.74, 6) is -2.59. The zero-order chi connectivity index (χ0) is 24.8. The fourth-order valence-electron chi connectivity index (χ4n) is 3.90. The first-order valence-corrected chi connectivity index (χ1v) is 10.8. The van der Waals surface area contributed by atoms with Crippen LogP contribution in [-0.4, -0.2) is 5.71 Å². The Morgan fingerprint density at radius 1 is 0.941 bits per heavy atom. The normalized spacial score (nSPS) is 16.2. The minimum atomic E-state index is -0.867. The van der Waals surface area contributed by atoms with Crippen molar-refractivity contribution in [1.29, 1.82) is 0 Å². The number of hydrazone groups is 1. The van der Waals surface area contributed by atoms with E-state index in [1.807, 2.05) is 26.0 Å². The molecule has 2 aromatic carbocycles. The molecule has 0 aromatic heterocycles. The third-order valence-electron chi connectivity index (χ3n) is 5.71. The minimum absolute atomic E-state index is 0.0114. The molecule has 1 aliphatic carbocycles. The Kier molecular flexibility index (Phi) is 5.92. The van der Waals surface area contributed by atoms with Gasteiger partial charge in [-0.2, -0.15) is 5.10 Å². The molecule has 1 heterocycles. The number of hydrazine groups is 1. The van der Waals surface area contributed by atoms with Crippen LogP contribution < -0.4 is 10.5 Å². The maximum Gasteiger partial charge on any atom is 0.187 e. The summed E-state index contributed by atoms with van der Waals surface area (Å²) in [6.07, 6.45) is 4.01. The molecule has 4 rings (SSSR count). The van der Waals surface area contributed by atoms with Crippen LogP contribution in [0.5, 0.6) is 0 Å². The van der Waals surface area contributed by atoms with Gasteiger partial charge in [-0.05, 0) is 58.9 Å². The number of para-hydroxylation sites is 1. The van der Waals surface area contributed by atoms with Crippen molar-refractivity contribution in [3.05, 3.63) is 111 Å². The second-order valence-corrected chi connectivity index (χ2v) is 9.27. The van der Waals surface area contributed by atoms with Gasteiger partial charge in [0.15, 0.2) is 22.9 Å². The predicted octanol–water partition coefficient (Wildman–Crippen LogP) is 6.91. The lowest BCUT2D eigenvalue weighted by atomic mass is 9.77. The van der Waals surface area contributed by atoms with Crippen LogP contribution in [0.15, 0.2) is 81.8 Å². The van der Waals surface area contributed by atoms with Crippen LogP contribution in [0.2, 0.25) is 0 Å². The second-order valence-electron chi connectivity index (χ2n) is 9.27. The molecular formula is C27H24F4N3+. The van der Waals surface area contributed by atoms with E-state index in [4.69, 9.17) is 0 Å². The van der Waals surface area contributed by atoms with Gasteiger partial charge >= 0.3 is 0 Å². The molecule has 0 radical (unpaired) electrons. The summed E-state index contributed by atoms with van der Waals surface area (Å²) < 4.78 is 58.7. The zero-order valence-corrected chi connectivity index (χ0v) is 19.5. The Bertz CT molecular complexity index is 1280. The van der Waals surface area contributed by atoms with Crippen LogP contribution in [0.4, 0.5) is 23.2 Å². The van der Waals surface area contributed by atoms with E-state index in [1.165, 1.54) is 12.1 Å². The van der Waals surface area contributed by atoms with E-state index in [2.05, 4.69) is 37.1 Å². The van der Waals surface area contributed by atoms with Crippen molar-refractivity contribution in [2.45, 2.75) is 34.6 Å². The molecule has 2 aromatic rings. The van der Waals surface area contributed by atoms with Gasteiger partial charge in [-0.3, -0.25) is 0 Å². The van der Waals surface area contributed by atoms with Gasteiger partial charge in [-0.25, -0.2) is 28.1 Å². The fraction of sp³-hybridized carbons (Fsp3) is 0.222. The molecule has 0 unspecified atom stereocenters. The first kappa shape index (κ1) is 23.5. The number of halogens is 4. The Hall–Kier alpha value is -3.70. The first-order valence-electron chi connectivity index (χ1n) is 10.8. The van der Waals surface area contributed by atoms with Gasteiger partial charge < -0.3 is 0 Å². The lowest BCUT2D eigenvalue weighted by Crippen LogP contribution is -2.31. The standard InChI is InChI=1S/C27H24F4N3/c1-15-12-17(27(3,4)5)13-16(2)18(15)14-23-25(24-19(28)8-6-9-20(24)29)32-33-34(23)26-21(30)10-7-11-22(26)31/h6-13,33H,1-5H3/q+1. The topological polar surface area (TPSA) is 27.6 Å². The number of nitrogens with one attached hydrogen (secondary N) is 1. The van der Waals surface area contributed by atoms with Crippen molar-refractivity contribution in [3.8, 4) is 0 Å². The monoisotopic (exact) mass is 466 g/mol. The predicted molar refractivity (Wildman–Crippen MR) is 126 cm³/mol. The van der Waals surface area contributed by atoms with Crippen LogP contribution >= 0.6 is 0 Å². The third-order valence-corrected chi connectivity index (χ3v) is 5.71. The molecule has 1 N–H and O–H groups in total. The van der Waals surface area contributed by atoms with Crippen molar-refractivity contribution in [2.75, 3.05) is 5.01 Å². The molecule has 0 saturated heterocycles. The molecule has 34 heavy (non-hydrogen) atoms. The SMILES string of the molecule is CC1=CC(C(C)(C)C)=C[C+](C)C1=C=C1C(c2c(F)cccc2F)=NNN1c1c(F)cccc1F. The first-order chi connectivity index (χ1) is 16.0. The summed E-state index contributed by atoms with van der Waals surface area (Å²) >= 11 is 0. The summed E-state index contributed by atoms with van der Waals surface area (Å²) in [7, 11) is 0. The molecule has 0 spiro atoms. The largest absolute Gasteiger partial charge is 0.214 e. The summed E-state index contributed by atoms with van der Waals surface area (Å²) in [6, 6.07) is 6.84. The average molecular weight is 467 g/mol. The van der Waals surface area contributed by atoms with Crippen LogP contribution in [0.3, 0.4) is 0 Å². The Labute approximate surface area is 196 Å². The number of rotatable bonds is 2.